The Morgan fingerprint density at radius 2 is 2.16 bits per heavy atom. The minimum Gasteiger partial charge on any atom is -0.496 e. The third-order valence-electron chi connectivity index (χ3n) is 2.89. The molecule has 5 nitrogen and oxygen atoms in total. The van der Waals surface area contributed by atoms with Crippen molar-refractivity contribution in [2.24, 2.45) is 5.73 Å². The third-order valence-corrected chi connectivity index (χ3v) is 2.89. The molecule has 0 aliphatic rings. The molecule has 0 aromatic heterocycles. The Labute approximate surface area is 114 Å². The summed E-state index contributed by atoms with van der Waals surface area (Å²) in [7, 11) is 5.58. The molecule has 1 unspecified atom stereocenters. The van der Waals surface area contributed by atoms with Crippen LogP contribution in [0.5, 0.6) is 5.75 Å². The molecular weight excluding hydrogens is 244 g/mol. The molecule has 1 atom stereocenters. The number of carbonyl (C=O) groups is 1. The second-order valence-electron chi connectivity index (χ2n) is 4.82. The lowest BCUT2D eigenvalue weighted by molar-refractivity contribution is -0.137. The number of para-hydroxylation sites is 1. The van der Waals surface area contributed by atoms with Crippen LogP contribution in [0.2, 0.25) is 0 Å². The third kappa shape index (κ3) is 4.54. The van der Waals surface area contributed by atoms with Gasteiger partial charge in [-0.3, -0.25) is 4.79 Å². The molecule has 106 valence electrons. The molecule has 0 bridgehead atoms. The quantitative estimate of drug-likeness (QED) is 0.784. The van der Waals surface area contributed by atoms with Crippen LogP contribution in [-0.2, 0) is 11.3 Å². The molecule has 0 aliphatic carbocycles. The number of methoxy groups -OCH3 is 1. The number of ether oxygens (including phenoxy) is 1. The lowest BCUT2D eigenvalue weighted by atomic mass is 9.99. The first-order valence-corrected chi connectivity index (χ1v) is 6.23. The smallest absolute Gasteiger partial charge is 0.303 e. The SMILES string of the molecule is COc1c(CN(C)C)cccc1C(N)CCC(=O)O. The van der Waals surface area contributed by atoms with E-state index in [1.54, 1.807) is 7.11 Å². The van der Waals surface area contributed by atoms with Crippen LogP contribution in [-0.4, -0.2) is 37.2 Å². The average Bonchev–Trinajstić information content (AvgIpc) is 2.34. The molecule has 1 rings (SSSR count). The normalized spacial score (nSPS) is 12.5. The minimum absolute atomic E-state index is 0.0578. The Morgan fingerprint density at radius 1 is 1.47 bits per heavy atom. The van der Waals surface area contributed by atoms with Gasteiger partial charge < -0.3 is 20.5 Å². The lowest BCUT2D eigenvalue weighted by Gasteiger charge is -2.19. The lowest BCUT2D eigenvalue weighted by Crippen LogP contribution is -2.16. The predicted molar refractivity (Wildman–Crippen MR) is 74.2 cm³/mol. The first-order valence-electron chi connectivity index (χ1n) is 6.23. The highest BCUT2D eigenvalue weighted by molar-refractivity contribution is 5.66. The number of hydrogen-bond acceptors (Lipinski definition) is 4. The van der Waals surface area contributed by atoms with E-state index in [0.717, 1.165) is 23.4 Å². The van der Waals surface area contributed by atoms with Gasteiger partial charge in [-0.05, 0) is 20.5 Å². The summed E-state index contributed by atoms with van der Waals surface area (Å²) in [5.41, 5.74) is 7.98. The molecular formula is C14H22N2O3. The number of benzene rings is 1. The van der Waals surface area contributed by atoms with Crippen LogP contribution in [0.15, 0.2) is 18.2 Å². The van der Waals surface area contributed by atoms with E-state index in [1.807, 2.05) is 37.2 Å². The molecule has 0 saturated carbocycles. The zero-order valence-corrected chi connectivity index (χ0v) is 11.7. The fraction of sp³-hybridized carbons (Fsp3) is 0.500. The van der Waals surface area contributed by atoms with Crippen LogP contribution >= 0.6 is 0 Å². The zero-order chi connectivity index (χ0) is 14.4. The molecule has 0 saturated heterocycles. The molecule has 5 heteroatoms. The van der Waals surface area contributed by atoms with Crippen molar-refractivity contribution in [1.82, 2.24) is 4.90 Å². The molecule has 0 aliphatic heterocycles. The van der Waals surface area contributed by atoms with E-state index in [2.05, 4.69) is 0 Å². The Hall–Kier alpha value is -1.59. The van der Waals surface area contributed by atoms with Crippen LogP contribution in [0.1, 0.15) is 30.0 Å². The molecule has 0 fully saturated rings. The van der Waals surface area contributed by atoms with Crippen LogP contribution in [0, 0.1) is 0 Å². The second-order valence-corrected chi connectivity index (χ2v) is 4.82. The van der Waals surface area contributed by atoms with Gasteiger partial charge in [0.25, 0.3) is 0 Å². The monoisotopic (exact) mass is 266 g/mol. The van der Waals surface area contributed by atoms with Gasteiger partial charge in [0.05, 0.1) is 7.11 Å². The van der Waals surface area contributed by atoms with E-state index < -0.39 is 5.97 Å². The molecule has 1 aromatic carbocycles. The van der Waals surface area contributed by atoms with Crippen LogP contribution in [0.25, 0.3) is 0 Å². The number of aliphatic carboxylic acids is 1. The molecule has 0 spiro atoms. The summed E-state index contributed by atoms with van der Waals surface area (Å²) in [6.45, 7) is 0.753. The van der Waals surface area contributed by atoms with Gasteiger partial charge in [0.2, 0.25) is 0 Å². The van der Waals surface area contributed by atoms with E-state index in [9.17, 15) is 4.79 Å². The van der Waals surface area contributed by atoms with Gasteiger partial charge in [0.15, 0.2) is 0 Å². The summed E-state index contributed by atoms with van der Waals surface area (Å²) in [5, 5.41) is 8.72. The average molecular weight is 266 g/mol. The number of nitrogens with two attached hydrogens (primary N) is 1. The van der Waals surface area contributed by atoms with Gasteiger partial charge in [0, 0.05) is 30.1 Å². The summed E-state index contributed by atoms with van der Waals surface area (Å²) in [6.07, 6.45) is 0.458. The Bertz CT molecular complexity index is 433. The fourth-order valence-corrected chi connectivity index (χ4v) is 2.05. The summed E-state index contributed by atoms with van der Waals surface area (Å²) < 4.78 is 5.45. The summed E-state index contributed by atoms with van der Waals surface area (Å²) in [5.74, 6) is -0.0760. The number of carboxylic acid groups (broad SMARTS) is 1. The van der Waals surface area contributed by atoms with E-state index in [0.29, 0.717) is 6.42 Å². The number of hydrogen-bond donors (Lipinski definition) is 2. The molecule has 3 N–H and O–H groups in total. The predicted octanol–water partition coefficient (Wildman–Crippen LogP) is 1.62. The standard InChI is InChI=1S/C14H22N2O3/c1-16(2)9-10-5-4-6-11(14(10)19-3)12(15)7-8-13(17)18/h4-6,12H,7-9,15H2,1-3H3,(H,17,18). The maximum Gasteiger partial charge on any atom is 0.303 e. The van der Waals surface area contributed by atoms with Crippen molar-refractivity contribution in [3.05, 3.63) is 29.3 Å². The van der Waals surface area contributed by atoms with Crippen LogP contribution in [0.3, 0.4) is 0 Å². The van der Waals surface area contributed by atoms with E-state index in [1.165, 1.54) is 0 Å². The first-order chi connectivity index (χ1) is 8.95. The van der Waals surface area contributed by atoms with Gasteiger partial charge in [-0.2, -0.15) is 0 Å². The van der Waals surface area contributed by atoms with Crippen molar-refractivity contribution in [3.63, 3.8) is 0 Å². The van der Waals surface area contributed by atoms with E-state index in [-0.39, 0.29) is 12.5 Å². The number of nitrogens with zero attached hydrogens (tertiary/aromatic N) is 1. The second kappa shape index (κ2) is 7.11. The maximum atomic E-state index is 10.6. The van der Waals surface area contributed by atoms with Gasteiger partial charge in [-0.25, -0.2) is 0 Å². The minimum atomic E-state index is -0.834. The van der Waals surface area contributed by atoms with Crippen molar-refractivity contribution in [2.45, 2.75) is 25.4 Å². The first kappa shape index (κ1) is 15.5. The molecule has 19 heavy (non-hydrogen) atoms. The van der Waals surface area contributed by atoms with Crippen molar-refractivity contribution in [1.29, 1.82) is 0 Å². The van der Waals surface area contributed by atoms with Crippen molar-refractivity contribution < 1.29 is 14.6 Å². The molecule has 0 radical (unpaired) electrons. The summed E-state index contributed by atoms with van der Waals surface area (Å²) >= 11 is 0. The Balaban J connectivity index is 2.96. The highest BCUT2D eigenvalue weighted by Gasteiger charge is 2.16. The van der Waals surface area contributed by atoms with Gasteiger partial charge in [-0.15, -0.1) is 0 Å². The number of rotatable bonds is 7. The topological polar surface area (TPSA) is 75.8 Å². The fourth-order valence-electron chi connectivity index (χ4n) is 2.05. The summed E-state index contributed by atoms with van der Waals surface area (Å²) in [6, 6.07) is 5.49. The number of carboxylic acids is 1. The van der Waals surface area contributed by atoms with Gasteiger partial charge >= 0.3 is 5.97 Å². The van der Waals surface area contributed by atoms with Crippen molar-refractivity contribution >= 4 is 5.97 Å². The largest absolute Gasteiger partial charge is 0.496 e. The molecule has 0 amide bonds. The van der Waals surface area contributed by atoms with Gasteiger partial charge in [0.1, 0.15) is 5.75 Å². The van der Waals surface area contributed by atoms with E-state index >= 15 is 0 Å². The van der Waals surface area contributed by atoms with Crippen molar-refractivity contribution in [3.8, 4) is 5.75 Å². The summed E-state index contributed by atoms with van der Waals surface area (Å²) in [4.78, 5) is 12.7. The molecule has 0 heterocycles. The van der Waals surface area contributed by atoms with Gasteiger partial charge in [-0.1, -0.05) is 18.2 Å². The Kier molecular flexibility index (Phi) is 5.79. The zero-order valence-electron chi connectivity index (χ0n) is 11.7. The van der Waals surface area contributed by atoms with Crippen molar-refractivity contribution in [2.75, 3.05) is 21.2 Å². The Morgan fingerprint density at radius 3 is 2.68 bits per heavy atom. The van der Waals surface area contributed by atoms with Crippen LogP contribution < -0.4 is 10.5 Å². The van der Waals surface area contributed by atoms with E-state index in [4.69, 9.17) is 15.6 Å². The highest BCUT2D eigenvalue weighted by atomic mass is 16.5. The molecule has 1 aromatic rings. The highest BCUT2D eigenvalue weighted by Crippen LogP contribution is 2.30. The maximum absolute atomic E-state index is 10.6. The van der Waals surface area contributed by atoms with Crippen LogP contribution in [0.4, 0.5) is 0 Å².